The van der Waals surface area contributed by atoms with Gasteiger partial charge in [-0.05, 0) is 19.8 Å². The number of aliphatic hydroxyl groups is 1. The molecule has 15 heavy (non-hydrogen) atoms. The van der Waals surface area contributed by atoms with E-state index in [-0.39, 0.29) is 12.0 Å². The molecule has 1 rings (SSSR count). The van der Waals surface area contributed by atoms with Gasteiger partial charge in [-0.25, -0.2) is 0 Å². The molecule has 0 aromatic carbocycles. The van der Waals surface area contributed by atoms with Crippen LogP contribution >= 0.6 is 0 Å². The third-order valence-corrected chi connectivity index (χ3v) is 3.10. The van der Waals surface area contributed by atoms with Crippen molar-refractivity contribution in [1.82, 2.24) is 9.80 Å². The summed E-state index contributed by atoms with van der Waals surface area (Å²) in [7, 11) is 1.84. The van der Waals surface area contributed by atoms with Crippen LogP contribution in [0, 0.1) is 0 Å². The molecule has 0 unspecified atom stereocenters. The van der Waals surface area contributed by atoms with E-state index in [1.807, 2.05) is 14.0 Å². The Kier molecular flexibility index (Phi) is 5.05. The molecule has 0 aromatic rings. The second-order valence-corrected chi connectivity index (χ2v) is 4.23. The van der Waals surface area contributed by atoms with Gasteiger partial charge in [0.15, 0.2) is 0 Å². The number of rotatable bonds is 4. The maximum absolute atomic E-state index is 11.5. The molecule has 1 fully saturated rings. The van der Waals surface area contributed by atoms with Crippen LogP contribution in [0.1, 0.15) is 26.2 Å². The summed E-state index contributed by atoms with van der Waals surface area (Å²) in [6, 6.07) is 0. The van der Waals surface area contributed by atoms with Gasteiger partial charge in [-0.15, -0.1) is 0 Å². The van der Waals surface area contributed by atoms with Gasteiger partial charge in [0, 0.05) is 39.6 Å². The van der Waals surface area contributed by atoms with Gasteiger partial charge in [0.05, 0.1) is 6.10 Å². The fraction of sp³-hybridized carbons (Fsp3) is 0.909. The van der Waals surface area contributed by atoms with Crippen molar-refractivity contribution in [2.24, 2.45) is 0 Å². The van der Waals surface area contributed by atoms with E-state index in [0.29, 0.717) is 6.42 Å². The van der Waals surface area contributed by atoms with Gasteiger partial charge in [0.2, 0.25) is 5.91 Å². The van der Waals surface area contributed by atoms with Crippen LogP contribution in [0.25, 0.3) is 0 Å². The first-order chi connectivity index (χ1) is 7.13. The Labute approximate surface area is 91.9 Å². The highest BCUT2D eigenvalue weighted by Gasteiger charge is 2.17. The summed E-state index contributed by atoms with van der Waals surface area (Å²) in [6.07, 6.45) is 2.16. The summed E-state index contributed by atoms with van der Waals surface area (Å²) in [5, 5.41) is 9.33. The third-order valence-electron chi connectivity index (χ3n) is 3.10. The number of hydrogen-bond donors (Lipinski definition) is 1. The highest BCUT2D eigenvalue weighted by atomic mass is 16.3. The second-order valence-electron chi connectivity index (χ2n) is 4.23. The fourth-order valence-corrected chi connectivity index (χ4v) is 1.76. The Bertz CT molecular complexity index is 201. The summed E-state index contributed by atoms with van der Waals surface area (Å²) < 4.78 is 0. The molecule has 1 saturated heterocycles. The first kappa shape index (κ1) is 12.5. The van der Waals surface area contributed by atoms with Crippen LogP contribution in [0.3, 0.4) is 0 Å². The van der Waals surface area contributed by atoms with Gasteiger partial charge in [0.1, 0.15) is 0 Å². The molecule has 1 aliphatic heterocycles. The summed E-state index contributed by atoms with van der Waals surface area (Å²) in [6.45, 7) is 5.43. The van der Waals surface area contributed by atoms with E-state index in [9.17, 15) is 9.90 Å². The molecule has 4 nitrogen and oxygen atoms in total. The molecule has 1 heterocycles. The average molecular weight is 214 g/mol. The van der Waals surface area contributed by atoms with Gasteiger partial charge in [-0.2, -0.15) is 0 Å². The van der Waals surface area contributed by atoms with E-state index in [1.165, 1.54) is 0 Å². The minimum absolute atomic E-state index is 0.129. The van der Waals surface area contributed by atoms with Crippen LogP contribution in [-0.2, 0) is 4.79 Å². The van der Waals surface area contributed by atoms with Gasteiger partial charge >= 0.3 is 0 Å². The van der Waals surface area contributed by atoms with Crippen molar-refractivity contribution in [3.63, 3.8) is 0 Å². The van der Waals surface area contributed by atoms with Gasteiger partial charge in [-0.1, -0.05) is 0 Å². The molecule has 0 aliphatic carbocycles. The Morgan fingerprint density at radius 3 is 2.60 bits per heavy atom. The number of likely N-dealkylation sites (tertiary alicyclic amines) is 1. The van der Waals surface area contributed by atoms with E-state index >= 15 is 0 Å². The predicted molar refractivity (Wildman–Crippen MR) is 59.6 cm³/mol. The van der Waals surface area contributed by atoms with E-state index < -0.39 is 0 Å². The smallest absolute Gasteiger partial charge is 0.223 e. The predicted octanol–water partition coefficient (Wildman–Crippen LogP) is 0.311. The number of amides is 1. The van der Waals surface area contributed by atoms with Crippen molar-refractivity contribution in [1.29, 1.82) is 0 Å². The normalized spacial score (nSPS) is 19.1. The zero-order chi connectivity index (χ0) is 11.3. The van der Waals surface area contributed by atoms with Crippen LogP contribution in [-0.4, -0.2) is 60.1 Å². The van der Waals surface area contributed by atoms with Crippen molar-refractivity contribution in [3.8, 4) is 0 Å². The van der Waals surface area contributed by atoms with E-state index in [0.717, 1.165) is 39.0 Å². The first-order valence-electron chi connectivity index (χ1n) is 5.78. The highest BCUT2D eigenvalue weighted by Crippen LogP contribution is 2.10. The largest absolute Gasteiger partial charge is 0.393 e. The zero-order valence-electron chi connectivity index (χ0n) is 9.78. The van der Waals surface area contributed by atoms with Crippen molar-refractivity contribution < 1.29 is 9.90 Å². The fourth-order valence-electron chi connectivity index (χ4n) is 1.76. The molecule has 4 heteroatoms. The topological polar surface area (TPSA) is 43.8 Å². The van der Waals surface area contributed by atoms with Crippen LogP contribution in [0.15, 0.2) is 0 Å². The molecule has 0 spiro atoms. The van der Waals surface area contributed by atoms with Crippen molar-refractivity contribution in [3.05, 3.63) is 0 Å². The molecule has 0 aromatic heterocycles. The SMILES string of the molecule is CCN(C)C(=O)CCN1CCC(O)CC1. The molecule has 1 aliphatic rings. The van der Waals surface area contributed by atoms with Crippen LogP contribution in [0.2, 0.25) is 0 Å². The Morgan fingerprint density at radius 1 is 1.47 bits per heavy atom. The van der Waals surface area contributed by atoms with E-state index in [2.05, 4.69) is 4.90 Å². The first-order valence-corrected chi connectivity index (χ1v) is 5.78. The Morgan fingerprint density at radius 2 is 2.07 bits per heavy atom. The third kappa shape index (κ3) is 4.18. The molecule has 0 atom stereocenters. The molecule has 0 bridgehead atoms. The van der Waals surface area contributed by atoms with Crippen LogP contribution in [0.5, 0.6) is 0 Å². The van der Waals surface area contributed by atoms with Gasteiger partial charge < -0.3 is 14.9 Å². The quantitative estimate of drug-likeness (QED) is 0.732. The maximum Gasteiger partial charge on any atom is 0.223 e. The number of aliphatic hydroxyl groups excluding tert-OH is 1. The standard InChI is InChI=1S/C11H22N2O2/c1-3-12(2)11(15)6-9-13-7-4-10(14)5-8-13/h10,14H,3-9H2,1-2H3. The van der Waals surface area contributed by atoms with E-state index in [4.69, 9.17) is 0 Å². The van der Waals surface area contributed by atoms with Crippen molar-refractivity contribution >= 4 is 5.91 Å². The van der Waals surface area contributed by atoms with Crippen LogP contribution in [0.4, 0.5) is 0 Å². The summed E-state index contributed by atoms with van der Waals surface area (Å²) in [5.41, 5.74) is 0. The number of nitrogens with zero attached hydrogens (tertiary/aromatic N) is 2. The summed E-state index contributed by atoms with van der Waals surface area (Å²) >= 11 is 0. The highest BCUT2D eigenvalue weighted by molar-refractivity contribution is 5.75. The van der Waals surface area contributed by atoms with Gasteiger partial charge in [0.25, 0.3) is 0 Å². The monoisotopic (exact) mass is 214 g/mol. The number of carbonyl (C=O) groups is 1. The molecular weight excluding hydrogens is 192 g/mol. The molecule has 0 radical (unpaired) electrons. The van der Waals surface area contributed by atoms with Crippen molar-refractivity contribution in [2.75, 3.05) is 33.2 Å². The lowest BCUT2D eigenvalue weighted by Gasteiger charge is -2.29. The minimum atomic E-state index is -0.129. The Balaban J connectivity index is 2.17. The minimum Gasteiger partial charge on any atom is -0.393 e. The number of piperidine rings is 1. The lowest BCUT2D eigenvalue weighted by molar-refractivity contribution is -0.130. The Hall–Kier alpha value is -0.610. The molecule has 0 saturated carbocycles. The molecule has 1 amide bonds. The zero-order valence-corrected chi connectivity index (χ0v) is 9.78. The summed E-state index contributed by atoms with van der Waals surface area (Å²) in [5.74, 6) is 0.212. The molecule has 88 valence electrons. The van der Waals surface area contributed by atoms with E-state index in [1.54, 1.807) is 4.90 Å². The molecule has 1 N–H and O–H groups in total. The lowest BCUT2D eigenvalue weighted by atomic mass is 10.1. The average Bonchev–Trinajstić information content (AvgIpc) is 2.26. The second kappa shape index (κ2) is 6.08. The number of hydrogen-bond acceptors (Lipinski definition) is 3. The van der Waals surface area contributed by atoms with Gasteiger partial charge in [-0.3, -0.25) is 4.79 Å². The molecular formula is C11H22N2O2. The lowest BCUT2D eigenvalue weighted by Crippen LogP contribution is -2.38. The number of carbonyl (C=O) groups excluding carboxylic acids is 1. The maximum atomic E-state index is 11.5. The summed E-state index contributed by atoms with van der Waals surface area (Å²) in [4.78, 5) is 15.5. The van der Waals surface area contributed by atoms with Crippen LogP contribution < -0.4 is 0 Å². The van der Waals surface area contributed by atoms with Crippen molar-refractivity contribution in [2.45, 2.75) is 32.3 Å².